The number of hydrogen-bond acceptors (Lipinski definition) is 0. The molecule has 0 aromatic rings. The Morgan fingerprint density at radius 1 is 1.71 bits per heavy atom. The van der Waals surface area contributed by atoms with Crippen LogP contribution in [0.1, 0.15) is 13.8 Å². The van der Waals surface area contributed by atoms with E-state index in [1.165, 1.54) is 5.57 Å². The summed E-state index contributed by atoms with van der Waals surface area (Å²) in [7, 11) is 0.950. The maximum absolute atomic E-state index is 3.35. The van der Waals surface area contributed by atoms with Crippen molar-refractivity contribution in [2.45, 2.75) is 13.8 Å². The molecule has 0 nitrogen and oxygen atoms in total. The second-order valence-electron chi connectivity index (χ2n) is 1.56. The largest absolute Gasteiger partial charge is 0.0993 e. The maximum Gasteiger partial charge on any atom is 0.0825 e. The van der Waals surface area contributed by atoms with Crippen molar-refractivity contribution in [1.29, 1.82) is 0 Å². The minimum absolute atomic E-state index is 0.950. The molecule has 0 heterocycles. The number of halogens is 1. The van der Waals surface area contributed by atoms with E-state index in [2.05, 4.69) is 35.5 Å². The maximum atomic E-state index is 3.35. The van der Waals surface area contributed by atoms with Crippen LogP contribution in [-0.2, 0) is 0 Å². The summed E-state index contributed by atoms with van der Waals surface area (Å²) < 4.78 is 0. The fourth-order valence-electron chi connectivity index (χ4n) is 0.243. The molecule has 0 aromatic heterocycles. The third-order valence-corrected chi connectivity index (χ3v) is 2.37. The molecule has 2 radical (unpaired) electrons. The summed E-state index contributed by atoms with van der Waals surface area (Å²) in [4.78, 5) is 1.11. The van der Waals surface area contributed by atoms with E-state index in [0.717, 1.165) is 14.5 Å². The lowest BCUT2D eigenvalue weighted by atomic mass is 10.4. The van der Waals surface area contributed by atoms with Gasteiger partial charge < -0.3 is 0 Å². The zero-order chi connectivity index (χ0) is 5.70. The predicted molar refractivity (Wildman–Crippen MR) is 39.0 cm³/mol. The Bertz CT molecular complexity index is 64.5. The average molecular weight is 177 g/mol. The summed E-state index contributed by atoms with van der Waals surface area (Å²) in [5.41, 5.74) is 3.66. The van der Waals surface area contributed by atoms with Crippen LogP contribution in [0, 0.1) is 0 Å². The minimum atomic E-state index is 0.950. The summed E-state index contributed by atoms with van der Waals surface area (Å²) in [5, 5.41) is 0. The molecule has 7 heavy (non-hydrogen) atoms. The first kappa shape index (κ1) is 7.44. The first-order valence-electron chi connectivity index (χ1n) is 2.20. The molecule has 0 amide bonds. The third kappa shape index (κ3) is 6.44. The van der Waals surface area contributed by atoms with Gasteiger partial charge in [0.2, 0.25) is 0 Å². The molecular formula is C5H9BrSi. The zero-order valence-electron chi connectivity index (χ0n) is 4.66. The lowest BCUT2D eigenvalue weighted by Crippen LogP contribution is -1.84. The van der Waals surface area contributed by atoms with Crippen molar-refractivity contribution in [1.82, 2.24) is 0 Å². The SMILES string of the molecule is CC(C)=C[Si]CBr. The van der Waals surface area contributed by atoms with Crippen LogP contribution in [0.4, 0.5) is 0 Å². The van der Waals surface area contributed by atoms with Crippen LogP contribution < -0.4 is 0 Å². The van der Waals surface area contributed by atoms with Crippen molar-refractivity contribution in [3.63, 3.8) is 0 Å². The molecule has 2 heteroatoms. The standard InChI is InChI=1S/C5H9BrSi/c1-5(2)3-7-4-6/h3H,4H2,1-2H3. The topological polar surface area (TPSA) is 0 Å². The highest BCUT2D eigenvalue weighted by atomic mass is 79.9. The summed E-state index contributed by atoms with van der Waals surface area (Å²) in [6.45, 7) is 4.24. The van der Waals surface area contributed by atoms with Gasteiger partial charge >= 0.3 is 0 Å². The minimum Gasteiger partial charge on any atom is -0.0993 e. The van der Waals surface area contributed by atoms with Crippen LogP contribution in [0.3, 0.4) is 0 Å². The fourth-order valence-corrected chi connectivity index (χ4v) is 1.21. The van der Waals surface area contributed by atoms with Crippen molar-refractivity contribution in [2.75, 3.05) is 4.95 Å². The predicted octanol–water partition coefficient (Wildman–Crippen LogP) is 1.97. The van der Waals surface area contributed by atoms with Gasteiger partial charge in [0, 0.05) is 0 Å². The highest BCUT2D eigenvalue weighted by molar-refractivity contribution is 9.09. The van der Waals surface area contributed by atoms with Gasteiger partial charge in [0.1, 0.15) is 0 Å². The Balaban J connectivity index is 3.08. The Hall–Kier alpha value is 0.437. The van der Waals surface area contributed by atoms with Crippen molar-refractivity contribution in [2.24, 2.45) is 0 Å². The molecule has 0 saturated heterocycles. The zero-order valence-corrected chi connectivity index (χ0v) is 7.25. The fraction of sp³-hybridized carbons (Fsp3) is 0.600. The van der Waals surface area contributed by atoms with Crippen molar-refractivity contribution < 1.29 is 0 Å². The number of alkyl halides is 1. The Morgan fingerprint density at radius 2 is 2.29 bits per heavy atom. The first-order chi connectivity index (χ1) is 3.27. The molecular weight excluding hydrogens is 168 g/mol. The van der Waals surface area contributed by atoms with Gasteiger partial charge in [-0.15, -0.1) is 0 Å². The van der Waals surface area contributed by atoms with E-state index in [1.54, 1.807) is 0 Å². The summed E-state index contributed by atoms with van der Waals surface area (Å²) in [6, 6.07) is 0. The van der Waals surface area contributed by atoms with E-state index in [4.69, 9.17) is 0 Å². The first-order valence-corrected chi connectivity index (χ1v) is 4.60. The highest BCUT2D eigenvalue weighted by Gasteiger charge is 1.76. The van der Waals surface area contributed by atoms with Crippen molar-refractivity contribution >= 4 is 25.4 Å². The molecule has 0 aliphatic rings. The van der Waals surface area contributed by atoms with Gasteiger partial charge in [0.15, 0.2) is 0 Å². The molecule has 0 N–H and O–H groups in total. The number of rotatable bonds is 2. The van der Waals surface area contributed by atoms with Crippen LogP contribution in [0.5, 0.6) is 0 Å². The Kier molecular flexibility index (Phi) is 4.88. The molecule has 0 aromatic carbocycles. The normalized spacial score (nSPS) is 8.43. The molecule has 0 rings (SSSR count). The van der Waals surface area contributed by atoms with Crippen LogP contribution in [0.25, 0.3) is 0 Å². The summed E-state index contributed by atoms with van der Waals surface area (Å²) in [5.74, 6) is 0. The Morgan fingerprint density at radius 3 is 2.43 bits per heavy atom. The number of allylic oxidation sites excluding steroid dienone is 1. The van der Waals surface area contributed by atoms with Gasteiger partial charge in [-0.3, -0.25) is 0 Å². The van der Waals surface area contributed by atoms with Crippen molar-refractivity contribution in [3.05, 3.63) is 11.3 Å². The van der Waals surface area contributed by atoms with Crippen molar-refractivity contribution in [3.8, 4) is 0 Å². The van der Waals surface area contributed by atoms with Gasteiger partial charge in [0.05, 0.1) is 9.52 Å². The van der Waals surface area contributed by atoms with Crippen LogP contribution in [0.15, 0.2) is 11.3 Å². The molecule has 0 bridgehead atoms. The van der Waals surface area contributed by atoms with E-state index in [9.17, 15) is 0 Å². The van der Waals surface area contributed by atoms with Gasteiger partial charge in [-0.1, -0.05) is 27.2 Å². The van der Waals surface area contributed by atoms with Gasteiger partial charge in [0.25, 0.3) is 0 Å². The Labute approximate surface area is 56.0 Å². The average Bonchev–Trinajstić information content (AvgIpc) is 1.61. The quantitative estimate of drug-likeness (QED) is 0.446. The highest BCUT2D eigenvalue weighted by Crippen LogP contribution is 1.86. The lowest BCUT2D eigenvalue weighted by molar-refractivity contribution is 1.41. The molecule has 0 spiro atoms. The van der Waals surface area contributed by atoms with Crippen LogP contribution in [0.2, 0.25) is 0 Å². The van der Waals surface area contributed by atoms with Gasteiger partial charge in [-0.05, 0) is 18.8 Å². The molecule has 0 unspecified atom stereocenters. The van der Waals surface area contributed by atoms with E-state index >= 15 is 0 Å². The number of hydrogen-bond donors (Lipinski definition) is 0. The van der Waals surface area contributed by atoms with E-state index in [-0.39, 0.29) is 0 Å². The second-order valence-corrected chi connectivity index (χ2v) is 4.21. The lowest BCUT2D eigenvalue weighted by Gasteiger charge is -1.82. The van der Waals surface area contributed by atoms with Gasteiger partial charge in [-0.2, -0.15) is 0 Å². The smallest absolute Gasteiger partial charge is 0.0825 e. The van der Waals surface area contributed by atoms with E-state index in [0.29, 0.717) is 0 Å². The van der Waals surface area contributed by atoms with Gasteiger partial charge in [-0.25, -0.2) is 0 Å². The second kappa shape index (κ2) is 4.59. The third-order valence-electron chi connectivity index (χ3n) is 0.468. The monoisotopic (exact) mass is 176 g/mol. The summed E-state index contributed by atoms with van der Waals surface area (Å²) >= 11 is 3.35. The van der Waals surface area contributed by atoms with E-state index in [1.807, 2.05) is 0 Å². The van der Waals surface area contributed by atoms with E-state index < -0.39 is 0 Å². The molecule has 0 aliphatic heterocycles. The molecule has 0 fully saturated rings. The molecule has 0 aliphatic carbocycles. The summed E-state index contributed by atoms with van der Waals surface area (Å²) in [6.07, 6.45) is 0. The molecule has 40 valence electrons. The molecule has 0 saturated carbocycles. The van der Waals surface area contributed by atoms with Crippen LogP contribution >= 0.6 is 15.9 Å². The molecule has 0 atom stereocenters. The van der Waals surface area contributed by atoms with Crippen LogP contribution in [-0.4, -0.2) is 14.5 Å².